The fourth-order valence-corrected chi connectivity index (χ4v) is 4.92. The molecule has 5 nitrogen and oxygen atoms in total. The highest BCUT2D eigenvalue weighted by Gasteiger charge is 2.22. The van der Waals surface area contributed by atoms with Gasteiger partial charge in [-0.1, -0.05) is 24.6 Å². The molecule has 27 heavy (non-hydrogen) atoms. The van der Waals surface area contributed by atoms with Gasteiger partial charge in [-0.25, -0.2) is 8.42 Å². The standard InChI is InChI=1S/C21H25N3O2S/c1-3-22-15-6-10-20-18(12-15)19-13-16(7-11-21(19)23-20)24-27(25,26)17-8-4-14(2)5-9-17/h4-5,7-9,11,13,15,22-24H,3,6,10,12H2,1-2H3. The van der Waals surface area contributed by atoms with Gasteiger partial charge in [-0.2, -0.15) is 0 Å². The smallest absolute Gasteiger partial charge is 0.261 e. The molecule has 0 saturated carbocycles. The maximum absolute atomic E-state index is 12.7. The average Bonchev–Trinajstić information content (AvgIpc) is 2.99. The summed E-state index contributed by atoms with van der Waals surface area (Å²) in [6.45, 7) is 5.03. The van der Waals surface area contributed by atoms with Gasteiger partial charge < -0.3 is 10.3 Å². The molecule has 1 unspecified atom stereocenters. The van der Waals surface area contributed by atoms with Crippen LogP contribution in [0.15, 0.2) is 47.4 Å². The van der Waals surface area contributed by atoms with Crippen molar-refractivity contribution in [3.63, 3.8) is 0 Å². The van der Waals surface area contributed by atoms with Gasteiger partial charge in [-0.15, -0.1) is 0 Å². The lowest BCUT2D eigenvalue weighted by Crippen LogP contribution is -2.34. The first-order valence-electron chi connectivity index (χ1n) is 9.42. The van der Waals surface area contributed by atoms with Gasteiger partial charge in [0, 0.05) is 28.3 Å². The molecule has 0 spiro atoms. The summed E-state index contributed by atoms with van der Waals surface area (Å²) < 4.78 is 28.1. The Hall–Kier alpha value is -2.31. The van der Waals surface area contributed by atoms with Gasteiger partial charge in [0.1, 0.15) is 0 Å². The van der Waals surface area contributed by atoms with Gasteiger partial charge in [0.2, 0.25) is 0 Å². The van der Waals surface area contributed by atoms with Crippen molar-refractivity contribution in [3.8, 4) is 0 Å². The molecule has 0 amide bonds. The topological polar surface area (TPSA) is 74.0 Å². The maximum atomic E-state index is 12.7. The number of nitrogens with one attached hydrogen (secondary N) is 3. The second-order valence-corrected chi connectivity index (χ2v) is 8.94. The third-order valence-corrected chi connectivity index (χ3v) is 6.66. The van der Waals surface area contributed by atoms with E-state index >= 15 is 0 Å². The van der Waals surface area contributed by atoms with Gasteiger partial charge in [0.25, 0.3) is 10.0 Å². The van der Waals surface area contributed by atoms with E-state index in [0.29, 0.717) is 11.7 Å². The van der Waals surface area contributed by atoms with Crippen LogP contribution in [-0.4, -0.2) is 26.0 Å². The molecule has 2 aromatic carbocycles. The Morgan fingerprint density at radius 2 is 1.93 bits per heavy atom. The van der Waals surface area contributed by atoms with Gasteiger partial charge in [0.15, 0.2) is 0 Å². The van der Waals surface area contributed by atoms with E-state index in [2.05, 4.69) is 21.9 Å². The fraction of sp³-hybridized carbons (Fsp3) is 0.333. The summed E-state index contributed by atoms with van der Waals surface area (Å²) >= 11 is 0. The van der Waals surface area contributed by atoms with Crippen LogP contribution in [0.1, 0.15) is 30.2 Å². The summed E-state index contributed by atoms with van der Waals surface area (Å²) in [6, 6.07) is 13.1. The summed E-state index contributed by atoms with van der Waals surface area (Å²) in [6.07, 6.45) is 3.12. The predicted molar refractivity (Wildman–Crippen MR) is 110 cm³/mol. The van der Waals surface area contributed by atoms with Crippen LogP contribution in [0.25, 0.3) is 10.9 Å². The van der Waals surface area contributed by atoms with Crippen LogP contribution in [0.5, 0.6) is 0 Å². The molecule has 142 valence electrons. The molecule has 3 N–H and O–H groups in total. The van der Waals surface area contributed by atoms with Gasteiger partial charge in [-0.05, 0) is 68.6 Å². The van der Waals surface area contributed by atoms with Crippen molar-refractivity contribution in [3.05, 3.63) is 59.3 Å². The van der Waals surface area contributed by atoms with E-state index in [-0.39, 0.29) is 4.90 Å². The molecule has 4 rings (SSSR count). The largest absolute Gasteiger partial charge is 0.358 e. The van der Waals surface area contributed by atoms with Crippen LogP contribution in [-0.2, 0) is 22.9 Å². The number of anilines is 1. The number of sulfonamides is 1. The first-order chi connectivity index (χ1) is 13.0. The molecule has 0 aliphatic heterocycles. The van der Waals surface area contributed by atoms with Crippen molar-refractivity contribution >= 4 is 26.6 Å². The third-order valence-electron chi connectivity index (χ3n) is 5.26. The van der Waals surface area contributed by atoms with Gasteiger partial charge in [-0.3, -0.25) is 4.72 Å². The number of hydrogen-bond acceptors (Lipinski definition) is 3. The van der Waals surface area contributed by atoms with Crippen LogP contribution in [0.4, 0.5) is 5.69 Å². The zero-order chi connectivity index (χ0) is 19.0. The van der Waals surface area contributed by atoms with E-state index in [1.165, 1.54) is 11.3 Å². The highest BCUT2D eigenvalue weighted by atomic mass is 32.2. The molecule has 0 bridgehead atoms. The van der Waals surface area contributed by atoms with Crippen LogP contribution >= 0.6 is 0 Å². The van der Waals surface area contributed by atoms with E-state index in [9.17, 15) is 8.42 Å². The second kappa shape index (κ2) is 7.02. The Morgan fingerprint density at radius 3 is 2.67 bits per heavy atom. The first-order valence-corrected chi connectivity index (χ1v) is 10.9. The number of rotatable bonds is 5. The molecule has 1 atom stereocenters. The number of H-pyrrole nitrogens is 1. The summed E-state index contributed by atoms with van der Waals surface area (Å²) in [7, 11) is -3.60. The molecule has 1 heterocycles. The number of hydrogen-bond donors (Lipinski definition) is 3. The second-order valence-electron chi connectivity index (χ2n) is 7.26. The molecule has 3 aromatic rings. The lowest BCUT2D eigenvalue weighted by Gasteiger charge is -2.23. The van der Waals surface area contributed by atoms with Crippen molar-refractivity contribution < 1.29 is 8.42 Å². The van der Waals surface area contributed by atoms with Crippen molar-refractivity contribution in [1.82, 2.24) is 10.3 Å². The highest BCUT2D eigenvalue weighted by Crippen LogP contribution is 2.31. The van der Waals surface area contributed by atoms with Gasteiger partial charge in [0.05, 0.1) is 4.90 Å². The molecule has 6 heteroatoms. The predicted octanol–water partition coefficient (Wildman–Crippen LogP) is 3.74. The highest BCUT2D eigenvalue weighted by molar-refractivity contribution is 7.92. The van der Waals surface area contributed by atoms with E-state index in [1.807, 2.05) is 25.1 Å². The minimum atomic E-state index is -3.60. The van der Waals surface area contributed by atoms with Crippen molar-refractivity contribution in [2.24, 2.45) is 0 Å². The Kier molecular flexibility index (Phi) is 4.70. The average molecular weight is 384 g/mol. The van der Waals surface area contributed by atoms with Crippen molar-refractivity contribution in [1.29, 1.82) is 0 Å². The van der Waals surface area contributed by atoms with Gasteiger partial charge >= 0.3 is 0 Å². The SMILES string of the molecule is CCNC1CCc2[nH]c3ccc(NS(=O)(=O)c4ccc(C)cc4)cc3c2C1. The van der Waals surface area contributed by atoms with E-state index in [1.54, 1.807) is 24.3 Å². The monoisotopic (exact) mass is 383 g/mol. The Bertz CT molecular complexity index is 1070. The lowest BCUT2D eigenvalue weighted by atomic mass is 9.91. The quantitative estimate of drug-likeness (QED) is 0.628. The lowest BCUT2D eigenvalue weighted by molar-refractivity contribution is 0.470. The van der Waals surface area contributed by atoms with Crippen LogP contribution in [0.3, 0.4) is 0 Å². The normalized spacial score (nSPS) is 17.0. The fourth-order valence-electron chi connectivity index (χ4n) is 3.87. The summed E-state index contributed by atoms with van der Waals surface area (Å²) in [4.78, 5) is 3.78. The molecule has 1 aliphatic rings. The Morgan fingerprint density at radius 1 is 1.15 bits per heavy atom. The summed E-state index contributed by atoms with van der Waals surface area (Å²) in [5.74, 6) is 0. The minimum absolute atomic E-state index is 0.275. The number of aryl methyl sites for hydroxylation is 2. The molecule has 0 fully saturated rings. The van der Waals surface area contributed by atoms with Crippen LogP contribution in [0, 0.1) is 6.92 Å². The van der Waals surface area contributed by atoms with Crippen LogP contribution < -0.4 is 10.0 Å². The van der Waals surface area contributed by atoms with E-state index in [4.69, 9.17) is 0 Å². The number of fused-ring (bicyclic) bond motifs is 3. The van der Waals surface area contributed by atoms with Crippen LogP contribution in [0.2, 0.25) is 0 Å². The zero-order valence-corrected chi connectivity index (χ0v) is 16.5. The third kappa shape index (κ3) is 3.59. The van der Waals surface area contributed by atoms with E-state index < -0.39 is 10.0 Å². The van der Waals surface area contributed by atoms with Crippen molar-refractivity contribution in [2.75, 3.05) is 11.3 Å². The summed E-state index contributed by atoms with van der Waals surface area (Å²) in [5, 5.41) is 4.64. The molecule has 0 radical (unpaired) electrons. The Labute approximate surface area is 160 Å². The molecule has 1 aromatic heterocycles. The molecular formula is C21H25N3O2S. The molecule has 0 saturated heterocycles. The van der Waals surface area contributed by atoms with Crippen molar-refractivity contribution in [2.45, 2.75) is 44.0 Å². The maximum Gasteiger partial charge on any atom is 0.261 e. The number of aromatic amines is 1. The zero-order valence-electron chi connectivity index (χ0n) is 15.7. The minimum Gasteiger partial charge on any atom is -0.358 e. The number of benzene rings is 2. The number of aromatic nitrogens is 1. The molecular weight excluding hydrogens is 358 g/mol. The Balaban J connectivity index is 1.65. The molecule has 1 aliphatic carbocycles. The first kappa shape index (κ1) is 18.1. The van der Waals surface area contributed by atoms with E-state index in [0.717, 1.165) is 42.3 Å². The summed E-state index contributed by atoms with van der Waals surface area (Å²) in [5.41, 5.74) is 5.27. The number of likely N-dealkylation sites (N-methyl/N-ethyl adjacent to an activating group) is 1.